The monoisotopic (exact) mass is 413 g/mol. The molecule has 2 atom stereocenters. The predicted octanol–water partition coefficient (Wildman–Crippen LogP) is 1.50. The van der Waals surface area contributed by atoms with Crippen LogP contribution in [0.3, 0.4) is 0 Å². The van der Waals surface area contributed by atoms with Crippen molar-refractivity contribution in [3.8, 4) is 0 Å². The maximum absolute atomic E-state index is 12.5. The van der Waals surface area contributed by atoms with Crippen LogP contribution < -0.4 is 5.32 Å². The summed E-state index contributed by atoms with van der Waals surface area (Å²) in [4.78, 5) is 14.8. The number of sulfonamides is 1. The number of rotatable bonds is 5. The topological polar surface area (TPSA) is 69.7 Å². The van der Waals surface area contributed by atoms with Crippen LogP contribution in [0.25, 0.3) is 0 Å². The molecular weight excluding hydrogens is 386 g/mol. The number of benzene rings is 1. The Balaban J connectivity index is 0.00000210. The van der Waals surface area contributed by atoms with Crippen molar-refractivity contribution in [3.05, 3.63) is 29.8 Å². The van der Waals surface area contributed by atoms with E-state index in [1.54, 1.807) is 16.4 Å². The number of nitrogens with one attached hydrogen (secondary N) is 1. The molecule has 0 aliphatic carbocycles. The number of hydrogen-bond acceptors (Lipinski definition) is 4. The maximum atomic E-state index is 12.5. The average Bonchev–Trinajstić information content (AvgIpc) is 3.36. The van der Waals surface area contributed by atoms with Crippen molar-refractivity contribution in [3.63, 3.8) is 0 Å². The number of halogens is 1. The highest BCUT2D eigenvalue weighted by Crippen LogP contribution is 2.27. The predicted molar refractivity (Wildman–Crippen MR) is 106 cm³/mol. The summed E-state index contributed by atoms with van der Waals surface area (Å²) >= 11 is 0. The Morgan fingerprint density at radius 3 is 2.22 bits per heavy atom. The van der Waals surface area contributed by atoms with Gasteiger partial charge in [-0.1, -0.05) is 12.1 Å². The van der Waals surface area contributed by atoms with Crippen LogP contribution in [0, 0.1) is 11.8 Å². The third kappa shape index (κ3) is 4.31. The lowest BCUT2D eigenvalue weighted by atomic mass is 10.0. The molecule has 4 rings (SSSR count). The zero-order valence-corrected chi connectivity index (χ0v) is 17.1. The van der Waals surface area contributed by atoms with Gasteiger partial charge < -0.3 is 10.2 Å². The van der Waals surface area contributed by atoms with Gasteiger partial charge in [0.15, 0.2) is 0 Å². The number of fused-ring (bicyclic) bond motifs is 1. The van der Waals surface area contributed by atoms with Gasteiger partial charge in [-0.25, -0.2) is 8.42 Å². The standard InChI is InChI=1S/C19H27N3O3S.ClH/c23-19(21-13-16-11-20-12-17(16)14-21)8-5-15-3-6-18(7-4-15)26(24,25)22-9-1-2-10-22;/h3-4,6-7,16-17,20H,1-2,5,8-14H2;1H/t16-,17+;. The van der Waals surface area contributed by atoms with Crippen LogP contribution in [-0.2, 0) is 21.2 Å². The molecule has 3 aliphatic rings. The quantitative estimate of drug-likeness (QED) is 0.794. The van der Waals surface area contributed by atoms with Crippen LogP contribution >= 0.6 is 12.4 Å². The van der Waals surface area contributed by atoms with Crippen molar-refractivity contribution >= 4 is 28.3 Å². The summed E-state index contributed by atoms with van der Waals surface area (Å²) in [7, 11) is -3.36. The van der Waals surface area contributed by atoms with E-state index < -0.39 is 10.0 Å². The Bertz CT molecular complexity index is 751. The summed E-state index contributed by atoms with van der Waals surface area (Å²) < 4.78 is 26.6. The van der Waals surface area contributed by atoms with Crippen LogP contribution in [0.1, 0.15) is 24.8 Å². The van der Waals surface area contributed by atoms with Gasteiger partial charge in [0, 0.05) is 45.7 Å². The van der Waals surface area contributed by atoms with E-state index >= 15 is 0 Å². The molecule has 0 radical (unpaired) electrons. The second-order valence-electron chi connectivity index (χ2n) is 7.73. The fraction of sp³-hybridized carbons (Fsp3) is 0.632. The van der Waals surface area contributed by atoms with Gasteiger partial charge in [-0.15, -0.1) is 12.4 Å². The zero-order chi connectivity index (χ0) is 18.1. The molecule has 1 aromatic rings. The molecule has 1 N–H and O–H groups in total. The third-order valence-electron chi connectivity index (χ3n) is 6.00. The van der Waals surface area contributed by atoms with Crippen molar-refractivity contribution in [1.82, 2.24) is 14.5 Å². The summed E-state index contributed by atoms with van der Waals surface area (Å²) in [5.41, 5.74) is 1.01. The number of carbonyl (C=O) groups excluding carboxylic acids is 1. The lowest BCUT2D eigenvalue weighted by molar-refractivity contribution is -0.130. The van der Waals surface area contributed by atoms with E-state index in [4.69, 9.17) is 0 Å². The molecule has 8 heteroatoms. The fourth-order valence-electron chi connectivity index (χ4n) is 4.37. The first-order valence-corrected chi connectivity index (χ1v) is 11.1. The van der Waals surface area contributed by atoms with Crippen molar-refractivity contribution in [2.45, 2.75) is 30.6 Å². The lowest BCUT2D eigenvalue weighted by Gasteiger charge is -2.18. The molecule has 150 valence electrons. The van der Waals surface area contributed by atoms with E-state index in [1.807, 2.05) is 17.0 Å². The molecule has 3 heterocycles. The summed E-state index contributed by atoms with van der Waals surface area (Å²) in [6, 6.07) is 7.05. The molecular formula is C19H28ClN3O3S. The summed E-state index contributed by atoms with van der Waals surface area (Å²) in [6.45, 7) is 5.05. The fourth-order valence-corrected chi connectivity index (χ4v) is 5.89. The van der Waals surface area contributed by atoms with Crippen molar-refractivity contribution in [2.75, 3.05) is 39.3 Å². The van der Waals surface area contributed by atoms with E-state index in [1.165, 1.54) is 0 Å². The number of likely N-dealkylation sites (tertiary alicyclic amines) is 1. The number of aryl methyl sites for hydroxylation is 1. The van der Waals surface area contributed by atoms with Gasteiger partial charge in [0.1, 0.15) is 0 Å². The summed E-state index contributed by atoms with van der Waals surface area (Å²) in [5, 5.41) is 3.39. The Labute approximate surface area is 167 Å². The van der Waals surface area contributed by atoms with Crippen LogP contribution in [-0.4, -0.2) is 62.8 Å². The van der Waals surface area contributed by atoms with Crippen LogP contribution in [0.2, 0.25) is 0 Å². The van der Waals surface area contributed by atoms with Gasteiger partial charge in [0.2, 0.25) is 15.9 Å². The number of carbonyl (C=O) groups is 1. The summed E-state index contributed by atoms with van der Waals surface area (Å²) in [6.07, 6.45) is 3.03. The van der Waals surface area contributed by atoms with Crippen LogP contribution in [0.5, 0.6) is 0 Å². The summed E-state index contributed by atoms with van der Waals surface area (Å²) in [5.74, 6) is 1.45. The first-order valence-electron chi connectivity index (χ1n) is 9.61. The van der Waals surface area contributed by atoms with Crippen LogP contribution in [0.15, 0.2) is 29.2 Å². The molecule has 0 saturated carbocycles. The molecule has 0 aromatic heterocycles. The van der Waals surface area contributed by atoms with Gasteiger partial charge in [-0.3, -0.25) is 4.79 Å². The molecule has 3 saturated heterocycles. The molecule has 0 spiro atoms. The van der Waals surface area contributed by atoms with Crippen molar-refractivity contribution in [2.24, 2.45) is 11.8 Å². The van der Waals surface area contributed by atoms with Gasteiger partial charge in [-0.2, -0.15) is 4.31 Å². The van der Waals surface area contributed by atoms with Gasteiger partial charge >= 0.3 is 0 Å². The van der Waals surface area contributed by atoms with Crippen LogP contribution in [0.4, 0.5) is 0 Å². The number of nitrogens with zero attached hydrogens (tertiary/aromatic N) is 2. The Kier molecular flexibility index (Phi) is 6.46. The minimum Gasteiger partial charge on any atom is -0.342 e. The molecule has 3 aliphatic heterocycles. The Hall–Kier alpha value is -1.15. The molecule has 3 fully saturated rings. The van der Waals surface area contributed by atoms with Crippen molar-refractivity contribution < 1.29 is 13.2 Å². The second-order valence-corrected chi connectivity index (χ2v) is 9.67. The average molecular weight is 414 g/mol. The van der Waals surface area contributed by atoms with E-state index in [0.717, 1.165) is 44.6 Å². The SMILES string of the molecule is Cl.O=C(CCc1ccc(S(=O)(=O)N2CCCC2)cc1)N1C[C@H]2CNC[C@H]2C1. The first kappa shape index (κ1) is 20.6. The van der Waals surface area contributed by atoms with E-state index in [9.17, 15) is 13.2 Å². The smallest absolute Gasteiger partial charge is 0.243 e. The van der Waals surface area contributed by atoms with Gasteiger partial charge in [0.25, 0.3) is 0 Å². The highest BCUT2D eigenvalue weighted by molar-refractivity contribution is 7.89. The highest BCUT2D eigenvalue weighted by Gasteiger charge is 2.37. The van der Waals surface area contributed by atoms with E-state index in [0.29, 0.717) is 42.7 Å². The zero-order valence-electron chi connectivity index (χ0n) is 15.5. The minimum absolute atomic E-state index is 0. The lowest BCUT2D eigenvalue weighted by Crippen LogP contribution is -2.32. The largest absolute Gasteiger partial charge is 0.342 e. The Morgan fingerprint density at radius 2 is 1.63 bits per heavy atom. The van der Waals surface area contributed by atoms with Gasteiger partial charge in [-0.05, 0) is 48.8 Å². The minimum atomic E-state index is -3.36. The van der Waals surface area contributed by atoms with E-state index in [-0.39, 0.29) is 18.3 Å². The number of amides is 1. The molecule has 6 nitrogen and oxygen atoms in total. The van der Waals surface area contributed by atoms with Gasteiger partial charge in [0.05, 0.1) is 4.90 Å². The Morgan fingerprint density at radius 1 is 1.04 bits per heavy atom. The normalized spacial score (nSPS) is 25.4. The second kappa shape index (κ2) is 8.47. The van der Waals surface area contributed by atoms with Crippen molar-refractivity contribution in [1.29, 1.82) is 0 Å². The first-order chi connectivity index (χ1) is 12.5. The van der Waals surface area contributed by atoms with E-state index in [2.05, 4.69) is 5.32 Å². The third-order valence-corrected chi connectivity index (χ3v) is 7.91. The molecule has 0 bridgehead atoms. The maximum Gasteiger partial charge on any atom is 0.243 e. The molecule has 0 unspecified atom stereocenters. The highest BCUT2D eigenvalue weighted by atomic mass is 35.5. The molecule has 27 heavy (non-hydrogen) atoms. The molecule has 1 amide bonds. The number of hydrogen-bond donors (Lipinski definition) is 1. The molecule has 1 aromatic carbocycles.